The van der Waals surface area contributed by atoms with Crippen molar-refractivity contribution in [2.75, 3.05) is 0 Å². The fourth-order valence-corrected chi connectivity index (χ4v) is 2.86. The van der Waals surface area contributed by atoms with Crippen molar-refractivity contribution in [1.82, 2.24) is 10.3 Å². The summed E-state index contributed by atoms with van der Waals surface area (Å²) >= 11 is 0. The first-order valence-electron chi connectivity index (χ1n) is 9.05. The number of oxazole rings is 1. The first-order valence-corrected chi connectivity index (χ1v) is 9.05. The van der Waals surface area contributed by atoms with E-state index in [0.29, 0.717) is 18.2 Å². The summed E-state index contributed by atoms with van der Waals surface area (Å²) in [4.78, 5) is 16.5. The van der Waals surface area contributed by atoms with Crippen molar-refractivity contribution in [2.24, 2.45) is 0 Å². The Hall–Kier alpha value is -3.60. The van der Waals surface area contributed by atoms with Gasteiger partial charge in [0, 0.05) is 18.2 Å². The second-order valence-corrected chi connectivity index (χ2v) is 6.69. The van der Waals surface area contributed by atoms with Crippen molar-refractivity contribution in [3.63, 3.8) is 0 Å². The van der Waals surface area contributed by atoms with E-state index in [-0.39, 0.29) is 5.91 Å². The van der Waals surface area contributed by atoms with E-state index in [1.54, 1.807) is 24.5 Å². The average Bonchev–Trinajstić information content (AvgIpc) is 3.35. The van der Waals surface area contributed by atoms with Crippen molar-refractivity contribution >= 4 is 23.1 Å². The van der Waals surface area contributed by atoms with Crippen LogP contribution in [-0.4, -0.2) is 10.9 Å². The zero-order valence-electron chi connectivity index (χ0n) is 15.7. The molecule has 0 aliphatic heterocycles. The molecule has 0 saturated heterocycles. The number of nitrogens with zero attached hydrogens (tertiary/aromatic N) is 1. The second-order valence-electron chi connectivity index (χ2n) is 6.69. The van der Waals surface area contributed by atoms with Crippen LogP contribution in [0.25, 0.3) is 28.6 Å². The summed E-state index contributed by atoms with van der Waals surface area (Å²) < 4.78 is 11.1. The normalized spacial score (nSPS) is 11.4. The average molecular weight is 372 g/mol. The summed E-state index contributed by atoms with van der Waals surface area (Å²) in [6.45, 7) is 4.56. The molecule has 0 radical (unpaired) electrons. The Morgan fingerprint density at radius 1 is 1.11 bits per heavy atom. The highest BCUT2D eigenvalue weighted by atomic mass is 16.3. The summed E-state index contributed by atoms with van der Waals surface area (Å²) in [5.74, 6) is 1.06. The molecule has 5 nitrogen and oxygen atoms in total. The Morgan fingerprint density at radius 2 is 1.89 bits per heavy atom. The van der Waals surface area contributed by atoms with Crippen LogP contribution < -0.4 is 5.32 Å². The van der Waals surface area contributed by atoms with Crippen LogP contribution >= 0.6 is 0 Å². The molecule has 0 aliphatic rings. The highest BCUT2D eigenvalue weighted by Gasteiger charge is 2.09. The number of nitrogens with one attached hydrogen (secondary N) is 1. The Bertz CT molecular complexity index is 1100. The number of hydrogen-bond acceptors (Lipinski definition) is 4. The second kappa shape index (κ2) is 7.56. The maximum Gasteiger partial charge on any atom is 0.244 e. The third-order valence-electron chi connectivity index (χ3n) is 4.61. The molecule has 5 heteroatoms. The molecule has 0 aliphatic carbocycles. The van der Waals surface area contributed by atoms with Gasteiger partial charge in [0.05, 0.1) is 6.26 Å². The van der Waals surface area contributed by atoms with Gasteiger partial charge >= 0.3 is 0 Å². The van der Waals surface area contributed by atoms with Gasteiger partial charge in [-0.2, -0.15) is 0 Å². The largest absolute Gasteiger partial charge is 0.465 e. The first-order chi connectivity index (χ1) is 13.6. The van der Waals surface area contributed by atoms with Gasteiger partial charge in [0.1, 0.15) is 11.3 Å². The molecule has 0 saturated carbocycles. The van der Waals surface area contributed by atoms with Gasteiger partial charge < -0.3 is 14.2 Å². The Labute approximate surface area is 162 Å². The highest BCUT2D eigenvalue weighted by Crippen LogP contribution is 2.26. The number of aromatic nitrogens is 1. The van der Waals surface area contributed by atoms with E-state index in [1.807, 2.05) is 36.4 Å². The van der Waals surface area contributed by atoms with Gasteiger partial charge in [-0.05, 0) is 73.0 Å². The molecule has 0 atom stereocenters. The zero-order valence-corrected chi connectivity index (χ0v) is 15.7. The maximum absolute atomic E-state index is 11.9. The molecule has 1 amide bonds. The fourth-order valence-electron chi connectivity index (χ4n) is 2.86. The Kier molecular flexibility index (Phi) is 4.81. The van der Waals surface area contributed by atoms with Crippen LogP contribution in [0.3, 0.4) is 0 Å². The summed E-state index contributed by atoms with van der Waals surface area (Å²) in [6, 6.07) is 15.4. The van der Waals surface area contributed by atoms with Gasteiger partial charge in [0.15, 0.2) is 5.58 Å². The molecule has 2 aromatic heterocycles. The van der Waals surface area contributed by atoms with E-state index >= 15 is 0 Å². The van der Waals surface area contributed by atoms with E-state index in [0.717, 1.165) is 22.2 Å². The molecule has 2 aromatic carbocycles. The number of carbonyl (C=O) groups excluding carboxylic acids is 1. The van der Waals surface area contributed by atoms with Crippen LogP contribution in [0.15, 0.2) is 69.7 Å². The van der Waals surface area contributed by atoms with Gasteiger partial charge in [0.25, 0.3) is 0 Å². The van der Waals surface area contributed by atoms with E-state index < -0.39 is 0 Å². The van der Waals surface area contributed by atoms with Gasteiger partial charge in [-0.25, -0.2) is 4.98 Å². The van der Waals surface area contributed by atoms with Crippen LogP contribution in [0.2, 0.25) is 0 Å². The number of benzene rings is 2. The Balaban J connectivity index is 1.42. The number of furan rings is 1. The van der Waals surface area contributed by atoms with Crippen molar-refractivity contribution in [2.45, 2.75) is 20.4 Å². The fraction of sp³-hybridized carbons (Fsp3) is 0.130. The quantitative estimate of drug-likeness (QED) is 0.499. The number of rotatable bonds is 5. The van der Waals surface area contributed by atoms with Gasteiger partial charge in [-0.15, -0.1) is 0 Å². The van der Waals surface area contributed by atoms with Crippen LogP contribution in [-0.2, 0) is 11.3 Å². The molecular formula is C23H20N2O3. The van der Waals surface area contributed by atoms with Gasteiger partial charge in [-0.1, -0.05) is 12.1 Å². The minimum Gasteiger partial charge on any atom is -0.465 e. The minimum atomic E-state index is -0.176. The lowest BCUT2D eigenvalue weighted by Gasteiger charge is -2.03. The topological polar surface area (TPSA) is 68.3 Å². The van der Waals surface area contributed by atoms with E-state index in [1.165, 1.54) is 17.2 Å². The lowest BCUT2D eigenvalue weighted by Crippen LogP contribution is -2.20. The van der Waals surface area contributed by atoms with Crippen molar-refractivity contribution in [1.29, 1.82) is 0 Å². The highest BCUT2D eigenvalue weighted by molar-refractivity contribution is 5.91. The SMILES string of the molecule is Cc1cc2nc(-c3ccc(CNC(=O)/C=C/c4ccco4)cc3)oc2cc1C. The van der Waals surface area contributed by atoms with Crippen LogP contribution in [0, 0.1) is 13.8 Å². The van der Waals surface area contributed by atoms with Gasteiger partial charge in [0.2, 0.25) is 11.8 Å². The van der Waals surface area contributed by atoms with Crippen molar-refractivity contribution < 1.29 is 13.6 Å². The zero-order chi connectivity index (χ0) is 19.5. The van der Waals surface area contributed by atoms with Crippen molar-refractivity contribution in [3.05, 3.63) is 83.3 Å². The molecule has 0 bridgehead atoms. The predicted molar refractivity (Wildman–Crippen MR) is 109 cm³/mol. The smallest absolute Gasteiger partial charge is 0.244 e. The summed E-state index contributed by atoms with van der Waals surface area (Å²) in [6.07, 6.45) is 4.66. The lowest BCUT2D eigenvalue weighted by atomic mass is 10.1. The maximum atomic E-state index is 11.9. The summed E-state index contributed by atoms with van der Waals surface area (Å²) in [7, 11) is 0. The number of carbonyl (C=O) groups is 1. The van der Waals surface area contributed by atoms with Crippen LogP contribution in [0.4, 0.5) is 0 Å². The van der Waals surface area contributed by atoms with E-state index in [4.69, 9.17) is 8.83 Å². The van der Waals surface area contributed by atoms with E-state index in [2.05, 4.69) is 24.1 Å². The number of fused-ring (bicyclic) bond motifs is 1. The lowest BCUT2D eigenvalue weighted by molar-refractivity contribution is -0.116. The van der Waals surface area contributed by atoms with Crippen molar-refractivity contribution in [3.8, 4) is 11.5 Å². The molecular weight excluding hydrogens is 352 g/mol. The molecule has 140 valence electrons. The number of hydrogen-bond donors (Lipinski definition) is 1. The molecule has 4 aromatic rings. The molecule has 0 fully saturated rings. The molecule has 0 spiro atoms. The molecule has 2 heterocycles. The third-order valence-corrected chi connectivity index (χ3v) is 4.61. The predicted octanol–water partition coefficient (Wildman–Crippen LogP) is 5.03. The van der Waals surface area contributed by atoms with E-state index in [9.17, 15) is 4.79 Å². The molecule has 0 unspecified atom stereocenters. The van der Waals surface area contributed by atoms with Crippen LogP contribution in [0.5, 0.6) is 0 Å². The minimum absolute atomic E-state index is 0.176. The molecule has 1 N–H and O–H groups in total. The third kappa shape index (κ3) is 3.88. The standard InChI is InChI=1S/C23H20N2O3/c1-15-12-20-21(13-16(15)2)28-23(25-20)18-7-5-17(6-8-18)14-24-22(26)10-9-19-4-3-11-27-19/h3-13H,14H2,1-2H3,(H,24,26)/b10-9+. The van der Waals surface area contributed by atoms with Gasteiger partial charge in [-0.3, -0.25) is 4.79 Å². The number of amides is 1. The monoisotopic (exact) mass is 372 g/mol. The molecule has 28 heavy (non-hydrogen) atoms. The summed E-state index contributed by atoms with van der Waals surface area (Å²) in [5.41, 5.74) is 5.92. The summed E-state index contributed by atoms with van der Waals surface area (Å²) in [5, 5.41) is 2.85. The Morgan fingerprint density at radius 3 is 2.64 bits per heavy atom. The number of aryl methyl sites for hydroxylation is 2. The van der Waals surface area contributed by atoms with Crippen LogP contribution in [0.1, 0.15) is 22.5 Å². The first kappa shape index (κ1) is 17.8. The molecule has 4 rings (SSSR count).